The molecule has 3 rings (SSSR count). The van der Waals surface area contributed by atoms with Gasteiger partial charge in [-0.2, -0.15) is 0 Å². The lowest BCUT2D eigenvalue weighted by Crippen LogP contribution is -2.50. The van der Waals surface area contributed by atoms with Crippen molar-refractivity contribution < 1.29 is 24.0 Å². The maximum atomic E-state index is 13.1. The minimum absolute atomic E-state index is 0.0374. The predicted octanol–water partition coefficient (Wildman–Crippen LogP) is 3.46. The number of amides is 2. The first-order valence-electron chi connectivity index (χ1n) is 11.0. The van der Waals surface area contributed by atoms with Crippen molar-refractivity contribution in [1.29, 1.82) is 0 Å². The van der Waals surface area contributed by atoms with E-state index in [1.54, 1.807) is 6.92 Å². The number of carbonyl (C=O) groups is 2. The third kappa shape index (κ3) is 6.44. The molecule has 0 heterocycles. The fourth-order valence-corrected chi connectivity index (χ4v) is 3.88. The van der Waals surface area contributed by atoms with Crippen LogP contribution in [-0.4, -0.2) is 47.4 Å². The van der Waals surface area contributed by atoms with Gasteiger partial charge in [-0.05, 0) is 31.4 Å². The maximum absolute atomic E-state index is 13.1. The molecule has 2 aromatic carbocycles. The molecule has 0 radical (unpaired) electrons. The number of methoxy groups -OCH3 is 1. The second-order valence-corrected chi connectivity index (χ2v) is 8.05. The van der Waals surface area contributed by atoms with Crippen LogP contribution in [0, 0.1) is 10.1 Å². The summed E-state index contributed by atoms with van der Waals surface area (Å²) in [6.45, 7) is 1.64. The summed E-state index contributed by atoms with van der Waals surface area (Å²) >= 11 is 0. The van der Waals surface area contributed by atoms with Gasteiger partial charge in [-0.1, -0.05) is 43.2 Å². The summed E-state index contributed by atoms with van der Waals surface area (Å²) in [5.74, 6) is -0.266. The number of hydrogen-bond donors (Lipinski definition) is 1. The molecule has 9 heteroatoms. The molecule has 0 saturated heterocycles. The molecule has 1 aliphatic rings. The van der Waals surface area contributed by atoms with E-state index in [9.17, 15) is 19.7 Å². The van der Waals surface area contributed by atoms with Gasteiger partial charge >= 0.3 is 5.69 Å². The first-order chi connectivity index (χ1) is 15.9. The van der Waals surface area contributed by atoms with Crippen LogP contribution in [-0.2, 0) is 16.1 Å². The molecular formula is C24H29N3O6. The van der Waals surface area contributed by atoms with Crippen molar-refractivity contribution >= 4 is 17.5 Å². The van der Waals surface area contributed by atoms with E-state index in [0.717, 1.165) is 31.2 Å². The number of carbonyl (C=O) groups excluding carboxylic acids is 2. The molecule has 9 nitrogen and oxygen atoms in total. The summed E-state index contributed by atoms with van der Waals surface area (Å²) in [6.07, 6.45) is 4.10. The number of nitrogens with one attached hydrogen (secondary N) is 1. The summed E-state index contributed by atoms with van der Waals surface area (Å²) in [7, 11) is 1.32. The number of ether oxygens (including phenoxy) is 2. The standard InChI is InChI=1S/C24H29N3O6/c1-17(24(29)25-19-10-6-7-11-19)26(15-18-8-4-3-5-9-18)23(28)16-33-20-12-13-21(27(30)31)22(14-20)32-2/h3-5,8-9,12-14,17,19H,6-7,10-11,15-16H2,1-2H3,(H,25,29)/t17-/m0/s1. The van der Waals surface area contributed by atoms with E-state index in [4.69, 9.17) is 9.47 Å². The summed E-state index contributed by atoms with van der Waals surface area (Å²) in [5, 5.41) is 14.1. The van der Waals surface area contributed by atoms with E-state index in [1.165, 1.54) is 30.2 Å². The van der Waals surface area contributed by atoms with Gasteiger partial charge in [-0.25, -0.2) is 0 Å². The highest BCUT2D eigenvalue weighted by Crippen LogP contribution is 2.30. The highest BCUT2D eigenvalue weighted by molar-refractivity contribution is 5.88. The molecule has 0 spiro atoms. The number of nitro groups is 1. The molecule has 176 valence electrons. The van der Waals surface area contributed by atoms with Crippen LogP contribution >= 0.6 is 0 Å². The molecule has 0 unspecified atom stereocenters. The van der Waals surface area contributed by atoms with Gasteiger partial charge in [0.1, 0.15) is 11.8 Å². The van der Waals surface area contributed by atoms with E-state index >= 15 is 0 Å². The highest BCUT2D eigenvalue weighted by atomic mass is 16.6. The fourth-order valence-electron chi connectivity index (χ4n) is 3.88. The summed E-state index contributed by atoms with van der Waals surface area (Å²) in [6, 6.07) is 12.9. The second kappa shape index (κ2) is 11.3. The number of rotatable bonds is 10. The zero-order valence-corrected chi connectivity index (χ0v) is 18.9. The van der Waals surface area contributed by atoms with Crippen molar-refractivity contribution in [3.8, 4) is 11.5 Å². The van der Waals surface area contributed by atoms with Crippen molar-refractivity contribution in [2.24, 2.45) is 0 Å². The van der Waals surface area contributed by atoms with E-state index < -0.39 is 11.0 Å². The van der Waals surface area contributed by atoms with Crippen LogP contribution in [0.15, 0.2) is 48.5 Å². The summed E-state index contributed by atoms with van der Waals surface area (Å²) < 4.78 is 10.6. The lowest BCUT2D eigenvalue weighted by molar-refractivity contribution is -0.385. The first kappa shape index (κ1) is 24.0. The third-order valence-electron chi connectivity index (χ3n) is 5.77. The normalized spacial score (nSPS) is 14.4. The Bertz CT molecular complexity index is 975. The zero-order valence-electron chi connectivity index (χ0n) is 18.9. The van der Waals surface area contributed by atoms with E-state index in [-0.39, 0.29) is 48.2 Å². The molecule has 2 amide bonds. The highest BCUT2D eigenvalue weighted by Gasteiger charge is 2.29. The van der Waals surface area contributed by atoms with Gasteiger partial charge < -0.3 is 19.7 Å². The van der Waals surface area contributed by atoms with Gasteiger partial charge in [-0.3, -0.25) is 19.7 Å². The van der Waals surface area contributed by atoms with Gasteiger partial charge in [0.2, 0.25) is 11.7 Å². The molecule has 1 saturated carbocycles. The monoisotopic (exact) mass is 455 g/mol. The Morgan fingerprint density at radius 1 is 1.18 bits per heavy atom. The third-order valence-corrected chi connectivity index (χ3v) is 5.77. The van der Waals surface area contributed by atoms with Crippen LogP contribution in [0.25, 0.3) is 0 Å². The number of nitrogens with zero attached hydrogens (tertiary/aromatic N) is 2. The molecule has 0 aromatic heterocycles. The molecule has 33 heavy (non-hydrogen) atoms. The van der Waals surface area contributed by atoms with Crippen LogP contribution in [0.3, 0.4) is 0 Å². The molecule has 1 aliphatic carbocycles. The molecule has 0 aliphatic heterocycles. The first-order valence-corrected chi connectivity index (χ1v) is 11.0. The number of hydrogen-bond acceptors (Lipinski definition) is 6. The van der Waals surface area contributed by atoms with Crippen molar-refractivity contribution in [2.75, 3.05) is 13.7 Å². The Labute approximate surface area is 192 Å². The van der Waals surface area contributed by atoms with Gasteiger partial charge in [0.05, 0.1) is 12.0 Å². The Morgan fingerprint density at radius 2 is 1.88 bits per heavy atom. The predicted molar refractivity (Wildman–Crippen MR) is 122 cm³/mol. The Balaban J connectivity index is 1.71. The zero-order chi connectivity index (χ0) is 23.8. The smallest absolute Gasteiger partial charge is 0.311 e. The average Bonchev–Trinajstić information content (AvgIpc) is 3.33. The SMILES string of the molecule is COc1cc(OCC(=O)N(Cc2ccccc2)[C@@H](C)C(=O)NC2CCCC2)ccc1[N+](=O)[O-]. The topological polar surface area (TPSA) is 111 Å². The largest absolute Gasteiger partial charge is 0.490 e. The lowest BCUT2D eigenvalue weighted by atomic mass is 10.1. The maximum Gasteiger partial charge on any atom is 0.311 e. The van der Waals surface area contributed by atoms with Gasteiger partial charge in [0.15, 0.2) is 6.61 Å². The number of nitro benzene ring substituents is 1. The van der Waals surface area contributed by atoms with Crippen LogP contribution in [0.2, 0.25) is 0 Å². The Hall–Kier alpha value is -3.62. The Morgan fingerprint density at radius 3 is 2.52 bits per heavy atom. The molecular weight excluding hydrogens is 426 g/mol. The number of benzene rings is 2. The quantitative estimate of drug-likeness (QED) is 0.434. The van der Waals surface area contributed by atoms with Crippen molar-refractivity contribution in [3.05, 3.63) is 64.2 Å². The lowest BCUT2D eigenvalue weighted by Gasteiger charge is -2.29. The molecule has 0 bridgehead atoms. The van der Waals surface area contributed by atoms with E-state index in [0.29, 0.717) is 0 Å². The minimum atomic E-state index is -0.687. The van der Waals surface area contributed by atoms with Crippen LogP contribution in [0.4, 0.5) is 5.69 Å². The molecule has 1 N–H and O–H groups in total. The molecule has 2 aromatic rings. The van der Waals surface area contributed by atoms with Crippen LogP contribution < -0.4 is 14.8 Å². The Kier molecular flexibility index (Phi) is 8.23. The molecule has 1 atom stereocenters. The minimum Gasteiger partial charge on any atom is -0.490 e. The average molecular weight is 456 g/mol. The van der Waals surface area contributed by atoms with E-state index in [1.807, 2.05) is 30.3 Å². The van der Waals surface area contributed by atoms with Crippen LogP contribution in [0.5, 0.6) is 11.5 Å². The van der Waals surface area contributed by atoms with Gasteiger partial charge in [0, 0.05) is 24.7 Å². The fraction of sp³-hybridized carbons (Fsp3) is 0.417. The van der Waals surface area contributed by atoms with E-state index in [2.05, 4.69) is 5.32 Å². The van der Waals surface area contributed by atoms with Gasteiger partial charge in [0.25, 0.3) is 5.91 Å². The molecule has 1 fully saturated rings. The second-order valence-electron chi connectivity index (χ2n) is 8.05. The van der Waals surface area contributed by atoms with Gasteiger partial charge in [-0.15, -0.1) is 0 Å². The summed E-state index contributed by atoms with van der Waals surface area (Å²) in [5.41, 5.74) is 0.697. The van der Waals surface area contributed by atoms with Crippen molar-refractivity contribution in [2.45, 2.75) is 51.2 Å². The van der Waals surface area contributed by atoms with Crippen LogP contribution in [0.1, 0.15) is 38.2 Å². The van der Waals surface area contributed by atoms with Crippen molar-refractivity contribution in [3.63, 3.8) is 0 Å². The van der Waals surface area contributed by atoms with Crippen molar-refractivity contribution in [1.82, 2.24) is 10.2 Å². The summed E-state index contributed by atoms with van der Waals surface area (Å²) in [4.78, 5) is 38.0.